The molecule has 1 atom stereocenters. The van der Waals surface area contributed by atoms with Crippen LogP contribution in [0.5, 0.6) is 0 Å². The zero-order valence-corrected chi connectivity index (χ0v) is 14.4. The first-order chi connectivity index (χ1) is 11.1. The maximum atomic E-state index is 13.1. The molecule has 0 aromatic heterocycles. The minimum Gasteiger partial charge on any atom is -0.378 e. The number of rotatable bonds is 1. The van der Waals surface area contributed by atoms with Crippen LogP contribution in [-0.2, 0) is 22.0 Å². The number of anilines is 1. The Balaban J connectivity index is 1.75. The molecular weight excluding hydrogens is 306 g/mol. The number of nitrogens with zero attached hydrogens (tertiary/aromatic N) is 1. The van der Waals surface area contributed by atoms with Gasteiger partial charge in [-0.25, -0.2) is 4.21 Å². The lowest BCUT2D eigenvalue weighted by Gasteiger charge is -2.30. The predicted molar refractivity (Wildman–Crippen MR) is 92.9 cm³/mol. The molecule has 1 fully saturated rings. The van der Waals surface area contributed by atoms with Crippen molar-refractivity contribution in [1.29, 1.82) is 0 Å². The molecular formula is C19H21NO2S. The monoisotopic (exact) mass is 327 g/mol. The predicted octanol–water partition coefficient (Wildman–Crippen LogP) is 3.21. The van der Waals surface area contributed by atoms with Crippen molar-refractivity contribution in [3.63, 3.8) is 0 Å². The average molecular weight is 327 g/mol. The Morgan fingerprint density at radius 3 is 2.61 bits per heavy atom. The van der Waals surface area contributed by atoms with E-state index < -0.39 is 10.8 Å². The molecule has 2 aliphatic heterocycles. The van der Waals surface area contributed by atoms with Crippen molar-refractivity contribution in [3.05, 3.63) is 52.6 Å². The molecule has 2 aromatic rings. The summed E-state index contributed by atoms with van der Waals surface area (Å²) in [4.78, 5) is 4.28. The summed E-state index contributed by atoms with van der Waals surface area (Å²) in [6.45, 7) is 7.59. The Hall–Kier alpha value is -1.65. The summed E-state index contributed by atoms with van der Waals surface area (Å²) < 4.78 is 18.5. The van der Waals surface area contributed by atoms with E-state index in [1.165, 1.54) is 22.3 Å². The SMILES string of the molecule is Cc1ccc2c(c1C)Cc1ccc(N3CCOCC3)cc1S2=O. The minimum atomic E-state index is -1.08. The van der Waals surface area contributed by atoms with E-state index in [1.807, 2.05) is 6.07 Å². The van der Waals surface area contributed by atoms with Crippen LogP contribution in [0.3, 0.4) is 0 Å². The summed E-state index contributed by atoms with van der Waals surface area (Å²) in [5.74, 6) is 0. The highest BCUT2D eigenvalue weighted by Crippen LogP contribution is 2.36. The average Bonchev–Trinajstić information content (AvgIpc) is 2.59. The number of aryl methyl sites for hydroxylation is 1. The fourth-order valence-corrected chi connectivity index (χ4v) is 4.92. The lowest BCUT2D eigenvalue weighted by Crippen LogP contribution is -2.36. The maximum Gasteiger partial charge on any atom is 0.0856 e. The standard InChI is InChI=1S/C19H21NO2S/c1-13-3-6-18-17(14(13)2)11-15-4-5-16(12-19(15)23(18)21)20-7-9-22-10-8-20/h3-6,12H,7-11H2,1-2H3. The number of morpholine rings is 1. The van der Waals surface area contributed by atoms with Gasteiger partial charge in [-0.05, 0) is 54.3 Å². The minimum absolute atomic E-state index is 0.765. The Labute approximate surface area is 139 Å². The summed E-state index contributed by atoms with van der Waals surface area (Å²) in [7, 11) is -1.08. The van der Waals surface area contributed by atoms with Crippen LogP contribution in [0.1, 0.15) is 22.3 Å². The van der Waals surface area contributed by atoms with Crippen LogP contribution >= 0.6 is 0 Å². The van der Waals surface area contributed by atoms with E-state index in [2.05, 4.69) is 43.0 Å². The molecule has 2 heterocycles. The third kappa shape index (κ3) is 2.50. The van der Waals surface area contributed by atoms with Crippen molar-refractivity contribution >= 4 is 16.5 Å². The zero-order valence-electron chi connectivity index (χ0n) is 13.6. The third-order valence-corrected chi connectivity index (χ3v) is 6.58. The first-order valence-corrected chi connectivity index (χ1v) is 9.26. The largest absolute Gasteiger partial charge is 0.378 e. The Bertz CT molecular complexity index is 794. The fraction of sp³-hybridized carbons (Fsp3) is 0.368. The van der Waals surface area contributed by atoms with Crippen molar-refractivity contribution in [3.8, 4) is 0 Å². The van der Waals surface area contributed by atoms with Crippen molar-refractivity contribution < 1.29 is 8.95 Å². The molecule has 1 saturated heterocycles. The molecule has 4 rings (SSSR count). The fourth-order valence-electron chi connectivity index (χ4n) is 3.43. The summed E-state index contributed by atoms with van der Waals surface area (Å²) in [5.41, 5.74) is 6.15. The second-order valence-electron chi connectivity index (χ2n) is 6.32. The van der Waals surface area contributed by atoms with Gasteiger partial charge in [0.15, 0.2) is 0 Å². The van der Waals surface area contributed by atoms with E-state index in [1.54, 1.807) is 0 Å². The molecule has 0 saturated carbocycles. The van der Waals surface area contributed by atoms with Gasteiger partial charge in [0, 0.05) is 35.0 Å². The van der Waals surface area contributed by atoms with Gasteiger partial charge in [0.25, 0.3) is 0 Å². The van der Waals surface area contributed by atoms with Gasteiger partial charge in [-0.1, -0.05) is 12.1 Å². The van der Waals surface area contributed by atoms with E-state index in [4.69, 9.17) is 4.74 Å². The van der Waals surface area contributed by atoms with Crippen molar-refractivity contribution in [2.75, 3.05) is 31.2 Å². The van der Waals surface area contributed by atoms with Crippen LogP contribution in [0.4, 0.5) is 5.69 Å². The van der Waals surface area contributed by atoms with Gasteiger partial charge in [-0.3, -0.25) is 0 Å². The van der Waals surface area contributed by atoms with Crippen LogP contribution in [0.25, 0.3) is 0 Å². The van der Waals surface area contributed by atoms with Crippen LogP contribution in [0.15, 0.2) is 40.1 Å². The number of benzene rings is 2. The second kappa shape index (κ2) is 5.77. The van der Waals surface area contributed by atoms with Gasteiger partial charge in [-0.15, -0.1) is 0 Å². The van der Waals surface area contributed by atoms with Gasteiger partial charge in [0.05, 0.1) is 24.0 Å². The smallest absolute Gasteiger partial charge is 0.0856 e. The Kier molecular flexibility index (Phi) is 3.74. The summed E-state index contributed by atoms with van der Waals surface area (Å²) in [5, 5.41) is 0. The lowest BCUT2D eigenvalue weighted by atomic mass is 9.96. The van der Waals surface area contributed by atoms with E-state index in [9.17, 15) is 4.21 Å². The van der Waals surface area contributed by atoms with Gasteiger partial charge >= 0.3 is 0 Å². The number of fused-ring (bicyclic) bond motifs is 2. The third-order valence-electron chi connectivity index (χ3n) is 5.02. The molecule has 23 heavy (non-hydrogen) atoms. The molecule has 0 spiro atoms. The number of hydrogen-bond donors (Lipinski definition) is 0. The molecule has 120 valence electrons. The quantitative estimate of drug-likeness (QED) is 0.687. The van der Waals surface area contributed by atoms with Crippen molar-refractivity contribution in [1.82, 2.24) is 0 Å². The van der Waals surface area contributed by atoms with Crippen LogP contribution in [0.2, 0.25) is 0 Å². The van der Waals surface area contributed by atoms with Gasteiger partial charge < -0.3 is 9.64 Å². The second-order valence-corrected chi connectivity index (χ2v) is 7.74. The normalized spacial score (nSPS) is 20.1. The molecule has 0 amide bonds. The molecule has 2 aromatic carbocycles. The van der Waals surface area contributed by atoms with E-state index in [0.717, 1.165) is 48.2 Å². The molecule has 0 bridgehead atoms. The van der Waals surface area contributed by atoms with Crippen LogP contribution in [-0.4, -0.2) is 30.5 Å². The first-order valence-electron chi connectivity index (χ1n) is 8.11. The lowest BCUT2D eigenvalue weighted by molar-refractivity contribution is 0.122. The maximum absolute atomic E-state index is 13.1. The molecule has 0 aliphatic carbocycles. The highest BCUT2D eigenvalue weighted by Gasteiger charge is 2.25. The molecule has 2 aliphatic rings. The van der Waals surface area contributed by atoms with E-state index in [0.29, 0.717) is 0 Å². The molecule has 0 N–H and O–H groups in total. The Morgan fingerprint density at radius 2 is 1.83 bits per heavy atom. The van der Waals surface area contributed by atoms with Gasteiger partial charge in [-0.2, -0.15) is 0 Å². The highest BCUT2D eigenvalue weighted by molar-refractivity contribution is 7.85. The summed E-state index contributed by atoms with van der Waals surface area (Å²) >= 11 is 0. The van der Waals surface area contributed by atoms with Gasteiger partial charge in [0.1, 0.15) is 0 Å². The van der Waals surface area contributed by atoms with Crippen LogP contribution < -0.4 is 4.90 Å². The highest BCUT2D eigenvalue weighted by atomic mass is 32.2. The summed E-state index contributed by atoms with van der Waals surface area (Å²) in [6.07, 6.45) is 0.882. The zero-order chi connectivity index (χ0) is 16.0. The molecule has 4 heteroatoms. The number of ether oxygens (including phenoxy) is 1. The Morgan fingerprint density at radius 1 is 1.04 bits per heavy atom. The van der Waals surface area contributed by atoms with Crippen LogP contribution in [0, 0.1) is 13.8 Å². The van der Waals surface area contributed by atoms with Crippen molar-refractivity contribution in [2.24, 2.45) is 0 Å². The summed E-state index contributed by atoms with van der Waals surface area (Å²) in [6, 6.07) is 10.6. The topological polar surface area (TPSA) is 29.5 Å². The van der Waals surface area contributed by atoms with E-state index in [-0.39, 0.29) is 0 Å². The van der Waals surface area contributed by atoms with Gasteiger partial charge in [0.2, 0.25) is 0 Å². The molecule has 0 radical (unpaired) electrons. The first kappa shape index (κ1) is 14.9. The molecule has 3 nitrogen and oxygen atoms in total. The number of hydrogen-bond acceptors (Lipinski definition) is 3. The molecule has 1 unspecified atom stereocenters. The van der Waals surface area contributed by atoms with Crippen molar-refractivity contribution in [2.45, 2.75) is 30.1 Å². The van der Waals surface area contributed by atoms with E-state index >= 15 is 0 Å².